The summed E-state index contributed by atoms with van der Waals surface area (Å²) in [5.41, 5.74) is 9.33. The number of benzene rings is 7. The molecule has 0 unspecified atom stereocenters. The fourth-order valence-electron chi connectivity index (χ4n) is 7.25. The smallest absolute Gasteiger partial charge is 0.164 e. The Labute approximate surface area is 276 Å². The minimum absolute atomic E-state index is 0.634. The van der Waals surface area contributed by atoms with Gasteiger partial charge in [0.25, 0.3) is 0 Å². The third-order valence-electron chi connectivity index (χ3n) is 9.49. The summed E-state index contributed by atoms with van der Waals surface area (Å²) in [4.78, 5) is 14.8. The van der Waals surface area contributed by atoms with Crippen molar-refractivity contribution >= 4 is 49.6 Å². The summed E-state index contributed by atoms with van der Waals surface area (Å²) >= 11 is 0. The van der Waals surface area contributed by atoms with Crippen molar-refractivity contribution in [3.05, 3.63) is 157 Å². The van der Waals surface area contributed by atoms with E-state index < -0.39 is 0 Å². The molecule has 0 saturated carbocycles. The number of fused-ring (bicyclic) bond motifs is 5. The van der Waals surface area contributed by atoms with Crippen molar-refractivity contribution in [1.29, 1.82) is 0 Å². The summed E-state index contributed by atoms with van der Waals surface area (Å²) in [5.74, 6) is 1.93. The van der Waals surface area contributed by atoms with Gasteiger partial charge in [-0.1, -0.05) is 127 Å². The molecule has 0 saturated heterocycles. The number of furan rings is 1. The van der Waals surface area contributed by atoms with Crippen molar-refractivity contribution in [2.75, 3.05) is 0 Å². The highest BCUT2D eigenvalue weighted by Crippen LogP contribution is 2.46. The van der Waals surface area contributed by atoms with Gasteiger partial charge in [-0.05, 0) is 68.9 Å². The SMILES string of the molecule is C1=CCc2c(cc3c4ccccc4c4cc(-c5cccc(-c6nc(-c7ccccc7)nc(-c7ccccc7)n6)c5)cc5oc2c3c54)C=C1. The van der Waals surface area contributed by atoms with Gasteiger partial charge in [-0.2, -0.15) is 0 Å². The van der Waals surface area contributed by atoms with Gasteiger partial charge in [-0.3, -0.25) is 0 Å². The second kappa shape index (κ2) is 10.6. The molecule has 2 heterocycles. The first-order valence-electron chi connectivity index (χ1n) is 16.3. The molecule has 0 radical (unpaired) electrons. The summed E-state index contributed by atoms with van der Waals surface area (Å²) in [5, 5.41) is 7.31. The molecule has 0 aliphatic heterocycles. The zero-order valence-electron chi connectivity index (χ0n) is 25.9. The van der Waals surface area contributed by atoms with E-state index in [1.807, 2.05) is 60.7 Å². The van der Waals surface area contributed by atoms with E-state index in [0.717, 1.165) is 45.4 Å². The Hall–Kier alpha value is -6.39. The molecule has 0 spiro atoms. The summed E-state index contributed by atoms with van der Waals surface area (Å²) < 4.78 is 6.85. The molecule has 2 aromatic heterocycles. The number of nitrogens with zero attached hydrogens (tertiary/aromatic N) is 3. The lowest BCUT2D eigenvalue weighted by atomic mass is 9.89. The molecule has 4 heteroatoms. The normalized spacial score (nSPS) is 12.8. The van der Waals surface area contributed by atoms with Crippen LogP contribution in [0.2, 0.25) is 0 Å². The predicted molar refractivity (Wildman–Crippen MR) is 197 cm³/mol. The van der Waals surface area contributed by atoms with Crippen LogP contribution >= 0.6 is 0 Å². The van der Waals surface area contributed by atoms with Crippen LogP contribution in [-0.4, -0.2) is 15.0 Å². The Morgan fingerprint density at radius 2 is 1.06 bits per heavy atom. The van der Waals surface area contributed by atoms with Crippen molar-refractivity contribution in [3.8, 4) is 45.3 Å². The molecular formula is C44H27N3O. The van der Waals surface area contributed by atoms with Gasteiger partial charge < -0.3 is 4.42 Å². The van der Waals surface area contributed by atoms with Crippen molar-refractivity contribution in [2.24, 2.45) is 0 Å². The van der Waals surface area contributed by atoms with Gasteiger partial charge in [-0.25, -0.2) is 15.0 Å². The minimum Gasteiger partial charge on any atom is -0.456 e. The Balaban J connectivity index is 1.19. The van der Waals surface area contributed by atoms with Crippen LogP contribution < -0.4 is 0 Å². The third kappa shape index (κ3) is 4.20. The molecule has 0 fully saturated rings. The van der Waals surface area contributed by atoms with E-state index in [0.29, 0.717) is 17.5 Å². The van der Waals surface area contributed by atoms with Gasteiger partial charge in [-0.15, -0.1) is 0 Å². The zero-order chi connectivity index (χ0) is 31.6. The minimum atomic E-state index is 0.634. The van der Waals surface area contributed by atoms with E-state index in [1.54, 1.807) is 0 Å². The maximum absolute atomic E-state index is 6.85. The summed E-state index contributed by atoms with van der Waals surface area (Å²) in [7, 11) is 0. The molecule has 9 aromatic rings. The fourth-order valence-corrected chi connectivity index (χ4v) is 7.25. The third-order valence-corrected chi connectivity index (χ3v) is 9.49. The molecule has 0 N–H and O–H groups in total. The maximum atomic E-state index is 6.85. The molecule has 1 aliphatic rings. The summed E-state index contributed by atoms with van der Waals surface area (Å²) in [6.07, 6.45) is 9.49. The molecule has 7 aromatic carbocycles. The second-order valence-electron chi connectivity index (χ2n) is 12.4. The van der Waals surface area contributed by atoms with Crippen LogP contribution in [0.1, 0.15) is 11.1 Å². The fraction of sp³-hybridized carbons (Fsp3) is 0.0227. The molecule has 10 rings (SSSR count). The summed E-state index contributed by atoms with van der Waals surface area (Å²) in [6.45, 7) is 0. The van der Waals surface area contributed by atoms with Crippen molar-refractivity contribution in [1.82, 2.24) is 15.0 Å². The molecule has 1 aliphatic carbocycles. The van der Waals surface area contributed by atoms with Gasteiger partial charge in [0.1, 0.15) is 11.2 Å². The van der Waals surface area contributed by atoms with E-state index in [1.165, 1.54) is 43.4 Å². The van der Waals surface area contributed by atoms with Gasteiger partial charge in [0.2, 0.25) is 0 Å². The van der Waals surface area contributed by atoms with Gasteiger partial charge in [0, 0.05) is 33.0 Å². The Morgan fingerprint density at radius 3 is 1.77 bits per heavy atom. The zero-order valence-corrected chi connectivity index (χ0v) is 25.9. The van der Waals surface area contributed by atoms with E-state index in [-0.39, 0.29) is 0 Å². The van der Waals surface area contributed by atoms with Crippen molar-refractivity contribution in [3.63, 3.8) is 0 Å². The standard InChI is InChI=1S/C44H27N3O/c1-4-13-27(14-5-1)42-45-43(28-15-6-2-7-16-28)47-44(46-42)31-19-12-18-29(23-31)32-25-36-34-21-10-11-22-35(34)37-24-30-17-8-3-9-20-33(30)41-40(37)39(36)38(26-32)48-41/h1-19,21-26H,20H2. The van der Waals surface area contributed by atoms with Crippen LogP contribution in [0, 0.1) is 0 Å². The first-order chi connectivity index (χ1) is 23.8. The van der Waals surface area contributed by atoms with Crippen LogP contribution in [0.15, 0.2) is 150 Å². The highest BCUT2D eigenvalue weighted by atomic mass is 16.3. The van der Waals surface area contributed by atoms with E-state index in [9.17, 15) is 0 Å². The Morgan fingerprint density at radius 1 is 0.458 bits per heavy atom. The summed E-state index contributed by atoms with van der Waals surface area (Å²) in [6, 6.07) is 44.3. The average molecular weight is 614 g/mol. The van der Waals surface area contributed by atoms with Gasteiger partial charge in [0.15, 0.2) is 17.5 Å². The molecule has 48 heavy (non-hydrogen) atoms. The first-order valence-corrected chi connectivity index (χ1v) is 16.3. The molecule has 224 valence electrons. The topological polar surface area (TPSA) is 51.8 Å². The number of hydrogen-bond donors (Lipinski definition) is 0. The Bertz CT molecular complexity index is 2680. The van der Waals surface area contributed by atoms with Gasteiger partial charge >= 0.3 is 0 Å². The molecule has 0 bridgehead atoms. The lowest BCUT2D eigenvalue weighted by molar-refractivity contribution is 0.665. The largest absolute Gasteiger partial charge is 0.456 e. The maximum Gasteiger partial charge on any atom is 0.164 e. The molecule has 4 nitrogen and oxygen atoms in total. The van der Waals surface area contributed by atoms with Crippen molar-refractivity contribution in [2.45, 2.75) is 6.42 Å². The highest BCUT2D eigenvalue weighted by molar-refractivity contribution is 6.34. The van der Waals surface area contributed by atoms with E-state index >= 15 is 0 Å². The number of aromatic nitrogens is 3. The second-order valence-corrected chi connectivity index (χ2v) is 12.4. The number of hydrogen-bond acceptors (Lipinski definition) is 4. The monoisotopic (exact) mass is 613 g/mol. The lowest BCUT2D eigenvalue weighted by Crippen LogP contribution is -2.00. The first kappa shape index (κ1) is 26.8. The number of allylic oxidation sites excluding steroid dienone is 3. The van der Waals surface area contributed by atoms with Crippen LogP contribution in [0.4, 0.5) is 0 Å². The van der Waals surface area contributed by atoms with E-state index in [4.69, 9.17) is 19.4 Å². The average Bonchev–Trinajstić information content (AvgIpc) is 3.38. The van der Waals surface area contributed by atoms with Crippen LogP contribution in [-0.2, 0) is 6.42 Å². The van der Waals surface area contributed by atoms with Gasteiger partial charge in [0.05, 0.1) is 0 Å². The van der Waals surface area contributed by atoms with Crippen LogP contribution in [0.3, 0.4) is 0 Å². The van der Waals surface area contributed by atoms with Crippen LogP contribution in [0.5, 0.6) is 0 Å². The van der Waals surface area contributed by atoms with Crippen molar-refractivity contribution < 1.29 is 4.42 Å². The predicted octanol–water partition coefficient (Wildman–Crippen LogP) is 11.3. The van der Waals surface area contributed by atoms with E-state index in [2.05, 4.69) is 91.0 Å². The molecular weight excluding hydrogens is 587 g/mol. The number of rotatable bonds is 4. The Kier molecular flexibility index (Phi) is 5.90. The molecule has 0 atom stereocenters. The van der Waals surface area contributed by atoms with Crippen LogP contribution in [0.25, 0.3) is 94.8 Å². The highest BCUT2D eigenvalue weighted by Gasteiger charge is 2.22. The lowest BCUT2D eigenvalue weighted by Gasteiger charge is -2.13. The quantitative estimate of drug-likeness (QED) is 0.185. The molecule has 0 amide bonds.